The molecule has 1 aromatic rings. The zero-order chi connectivity index (χ0) is 19.1. The van der Waals surface area contributed by atoms with Crippen molar-refractivity contribution in [2.24, 2.45) is 10.9 Å². The normalized spacial score (nSPS) is 16.7. The number of amides is 2. The number of rotatable bonds is 5. The van der Waals surface area contributed by atoms with Crippen LogP contribution in [0.3, 0.4) is 0 Å². The quantitative estimate of drug-likeness (QED) is 0.338. The van der Waals surface area contributed by atoms with E-state index in [1.807, 2.05) is 43.0 Å². The minimum Gasteiger partial charge on any atom is -0.352 e. The van der Waals surface area contributed by atoms with Gasteiger partial charge in [-0.25, -0.2) is 0 Å². The molecule has 0 saturated carbocycles. The highest BCUT2D eigenvalue weighted by Gasteiger charge is 2.27. The monoisotopic (exact) mass is 487 g/mol. The van der Waals surface area contributed by atoms with Gasteiger partial charge >= 0.3 is 0 Å². The van der Waals surface area contributed by atoms with Crippen molar-refractivity contribution >= 4 is 47.4 Å². The Morgan fingerprint density at radius 3 is 2.70 bits per heavy atom. The number of halogens is 1. The van der Waals surface area contributed by atoms with Gasteiger partial charge in [-0.1, -0.05) is 26.0 Å². The van der Waals surface area contributed by atoms with Gasteiger partial charge in [0.25, 0.3) is 0 Å². The summed E-state index contributed by atoms with van der Waals surface area (Å²) in [6, 6.07) is 7.89. The van der Waals surface area contributed by atoms with Crippen LogP contribution in [-0.2, 0) is 16.1 Å². The fourth-order valence-electron chi connectivity index (χ4n) is 2.98. The first kappa shape index (κ1) is 23.2. The van der Waals surface area contributed by atoms with Gasteiger partial charge in [-0.05, 0) is 24.1 Å². The summed E-state index contributed by atoms with van der Waals surface area (Å²) in [5.74, 6) is 0.849. The summed E-state index contributed by atoms with van der Waals surface area (Å²) in [6.07, 6.45) is 0.914. The van der Waals surface area contributed by atoms with Crippen LogP contribution in [0.2, 0.25) is 0 Å². The van der Waals surface area contributed by atoms with Crippen molar-refractivity contribution in [1.82, 2.24) is 15.5 Å². The van der Waals surface area contributed by atoms with Crippen molar-refractivity contribution in [3.63, 3.8) is 0 Å². The number of aliphatic imine (C=N–C) groups is 1. The molecule has 3 N–H and O–H groups in total. The third kappa shape index (κ3) is 7.36. The highest BCUT2D eigenvalue weighted by molar-refractivity contribution is 14.0. The summed E-state index contributed by atoms with van der Waals surface area (Å²) in [4.78, 5) is 29.4. The van der Waals surface area contributed by atoms with Crippen LogP contribution in [0, 0.1) is 5.92 Å². The van der Waals surface area contributed by atoms with Gasteiger partial charge in [0.15, 0.2) is 5.96 Å². The smallest absolute Gasteiger partial charge is 0.225 e. The van der Waals surface area contributed by atoms with Crippen LogP contribution in [0.25, 0.3) is 0 Å². The van der Waals surface area contributed by atoms with Gasteiger partial charge in [0.2, 0.25) is 11.8 Å². The lowest BCUT2D eigenvalue weighted by molar-refractivity contribution is -0.133. The van der Waals surface area contributed by atoms with Gasteiger partial charge in [0.1, 0.15) is 0 Å². The summed E-state index contributed by atoms with van der Waals surface area (Å²) >= 11 is 0. The summed E-state index contributed by atoms with van der Waals surface area (Å²) in [5.41, 5.74) is 1.82. The minimum absolute atomic E-state index is 0. The van der Waals surface area contributed by atoms with Crippen LogP contribution < -0.4 is 16.0 Å². The number of nitrogens with zero attached hydrogens (tertiary/aromatic N) is 2. The molecule has 1 unspecified atom stereocenters. The number of guanidine groups is 1. The van der Waals surface area contributed by atoms with Gasteiger partial charge in [-0.2, -0.15) is 0 Å². The van der Waals surface area contributed by atoms with Crippen LogP contribution in [-0.4, -0.2) is 48.9 Å². The molecule has 1 aliphatic rings. The van der Waals surface area contributed by atoms with E-state index >= 15 is 0 Å². The van der Waals surface area contributed by atoms with E-state index in [0.717, 1.165) is 24.2 Å². The fourth-order valence-corrected chi connectivity index (χ4v) is 2.98. The molecular formula is C19H30IN5O2. The standard InChI is InChI=1S/C19H29N5O2.HI/c1-13(2)18(26)24-9-8-17(12-24)23-19(20-4)21-11-15-6-5-7-16(10-15)22-14(3)25;/h5-7,10,13,17H,8-9,11-12H2,1-4H3,(H,22,25)(H2,20,21,23);1H. The van der Waals surface area contributed by atoms with Crippen molar-refractivity contribution in [3.05, 3.63) is 29.8 Å². The molecule has 1 atom stereocenters. The molecule has 1 fully saturated rings. The average Bonchev–Trinajstić information content (AvgIpc) is 3.06. The highest BCUT2D eigenvalue weighted by Crippen LogP contribution is 2.13. The van der Waals surface area contributed by atoms with Gasteiger partial charge in [0, 0.05) is 51.3 Å². The Hall–Kier alpha value is -1.84. The Kier molecular flexibility index (Phi) is 9.54. The molecule has 0 aliphatic carbocycles. The van der Waals surface area contributed by atoms with E-state index in [1.165, 1.54) is 6.92 Å². The number of anilines is 1. The van der Waals surface area contributed by atoms with E-state index in [1.54, 1.807) is 7.05 Å². The first-order chi connectivity index (χ1) is 12.4. The second-order valence-electron chi connectivity index (χ2n) is 6.88. The molecular weight excluding hydrogens is 457 g/mol. The Labute approximate surface area is 178 Å². The van der Waals surface area contributed by atoms with E-state index in [4.69, 9.17) is 0 Å². The molecule has 1 heterocycles. The molecule has 1 aliphatic heterocycles. The maximum absolute atomic E-state index is 12.1. The summed E-state index contributed by atoms with van der Waals surface area (Å²) in [7, 11) is 1.73. The Morgan fingerprint density at radius 2 is 2.07 bits per heavy atom. The summed E-state index contributed by atoms with van der Waals surface area (Å²) in [6.45, 7) is 7.43. The van der Waals surface area contributed by atoms with Gasteiger partial charge in [-0.15, -0.1) is 24.0 Å². The van der Waals surface area contributed by atoms with Crippen LogP contribution >= 0.6 is 24.0 Å². The van der Waals surface area contributed by atoms with Crippen LogP contribution in [0.1, 0.15) is 32.8 Å². The van der Waals surface area contributed by atoms with Crippen LogP contribution in [0.5, 0.6) is 0 Å². The fraction of sp³-hybridized carbons (Fsp3) is 0.526. The molecule has 2 rings (SSSR count). The topological polar surface area (TPSA) is 85.8 Å². The Morgan fingerprint density at radius 1 is 1.33 bits per heavy atom. The lowest BCUT2D eigenvalue weighted by Gasteiger charge is -2.20. The number of likely N-dealkylation sites (tertiary alicyclic amines) is 1. The second kappa shape index (κ2) is 11.1. The van der Waals surface area contributed by atoms with E-state index in [0.29, 0.717) is 19.0 Å². The van der Waals surface area contributed by atoms with E-state index in [2.05, 4.69) is 20.9 Å². The molecule has 0 radical (unpaired) electrons. The predicted octanol–water partition coefficient (Wildman–Crippen LogP) is 2.18. The van der Waals surface area contributed by atoms with Crippen molar-refractivity contribution in [1.29, 1.82) is 0 Å². The lowest BCUT2D eigenvalue weighted by atomic mass is 10.2. The number of benzene rings is 1. The molecule has 150 valence electrons. The number of hydrogen-bond acceptors (Lipinski definition) is 3. The number of nitrogens with one attached hydrogen (secondary N) is 3. The number of carbonyl (C=O) groups is 2. The van der Waals surface area contributed by atoms with Gasteiger partial charge < -0.3 is 20.9 Å². The van der Waals surface area contributed by atoms with Gasteiger partial charge in [-0.3, -0.25) is 14.6 Å². The van der Waals surface area contributed by atoms with Crippen molar-refractivity contribution in [2.75, 3.05) is 25.5 Å². The lowest BCUT2D eigenvalue weighted by Crippen LogP contribution is -2.45. The molecule has 27 heavy (non-hydrogen) atoms. The van der Waals surface area contributed by atoms with E-state index in [-0.39, 0.29) is 47.8 Å². The van der Waals surface area contributed by atoms with Gasteiger partial charge in [0.05, 0.1) is 0 Å². The minimum atomic E-state index is -0.0886. The van der Waals surface area contributed by atoms with Crippen molar-refractivity contribution < 1.29 is 9.59 Å². The molecule has 2 amide bonds. The van der Waals surface area contributed by atoms with Crippen molar-refractivity contribution in [2.45, 2.75) is 39.8 Å². The van der Waals surface area contributed by atoms with Crippen LogP contribution in [0.15, 0.2) is 29.3 Å². The molecule has 0 bridgehead atoms. The van der Waals surface area contributed by atoms with E-state index < -0.39 is 0 Å². The van der Waals surface area contributed by atoms with E-state index in [9.17, 15) is 9.59 Å². The SMILES string of the molecule is CN=C(NCc1cccc(NC(C)=O)c1)NC1CCN(C(=O)C(C)C)C1.I. The maximum atomic E-state index is 12.1. The van der Waals surface area contributed by atoms with Crippen LogP contribution in [0.4, 0.5) is 5.69 Å². The largest absolute Gasteiger partial charge is 0.352 e. The summed E-state index contributed by atoms with van der Waals surface area (Å²) in [5, 5.41) is 9.44. The summed E-state index contributed by atoms with van der Waals surface area (Å²) < 4.78 is 0. The molecule has 1 aromatic carbocycles. The predicted molar refractivity (Wildman–Crippen MR) is 119 cm³/mol. The third-order valence-electron chi connectivity index (χ3n) is 4.27. The maximum Gasteiger partial charge on any atom is 0.225 e. The molecule has 0 spiro atoms. The Balaban J connectivity index is 0.00000364. The zero-order valence-corrected chi connectivity index (χ0v) is 18.7. The molecule has 7 nitrogen and oxygen atoms in total. The second-order valence-corrected chi connectivity index (χ2v) is 6.88. The Bertz CT molecular complexity index is 678. The molecule has 0 aromatic heterocycles. The third-order valence-corrected chi connectivity index (χ3v) is 4.27. The molecule has 1 saturated heterocycles. The highest BCUT2D eigenvalue weighted by atomic mass is 127. The number of hydrogen-bond donors (Lipinski definition) is 3. The molecule has 8 heteroatoms. The first-order valence-corrected chi connectivity index (χ1v) is 9.01. The first-order valence-electron chi connectivity index (χ1n) is 9.01. The van der Waals surface area contributed by atoms with Crippen molar-refractivity contribution in [3.8, 4) is 0 Å². The zero-order valence-electron chi connectivity index (χ0n) is 16.4. The number of carbonyl (C=O) groups excluding carboxylic acids is 2. The average molecular weight is 487 g/mol.